The van der Waals surface area contributed by atoms with E-state index in [-0.39, 0.29) is 36.7 Å². The van der Waals surface area contributed by atoms with Crippen LogP contribution in [0.3, 0.4) is 0 Å². The second kappa shape index (κ2) is 6.20. The molecule has 2 rings (SSSR count). The standard InChI is InChI=1S/C14H20FNO3S/c1-11(2)14-10-19-6-7-20(17,18)16(14)9-12-4-3-5-13(15)8-12/h3-5,8,11,14H,6-7,9-10H2,1-2H3/t14-/m1/s1. The average Bonchev–Trinajstić information content (AvgIpc) is 2.49. The van der Waals surface area contributed by atoms with Crippen LogP contribution >= 0.6 is 0 Å². The first-order valence-corrected chi connectivity index (χ1v) is 8.33. The van der Waals surface area contributed by atoms with Crippen molar-refractivity contribution in [3.8, 4) is 0 Å². The van der Waals surface area contributed by atoms with Gasteiger partial charge in [0.15, 0.2) is 0 Å². The van der Waals surface area contributed by atoms with Crippen molar-refractivity contribution in [2.75, 3.05) is 19.0 Å². The molecule has 0 unspecified atom stereocenters. The predicted octanol–water partition coefficient (Wildman–Crippen LogP) is 2.01. The van der Waals surface area contributed by atoms with E-state index in [9.17, 15) is 12.8 Å². The van der Waals surface area contributed by atoms with E-state index >= 15 is 0 Å². The summed E-state index contributed by atoms with van der Waals surface area (Å²) in [4.78, 5) is 0. The summed E-state index contributed by atoms with van der Waals surface area (Å²) in [5, 5.41) is 0. The Bertz CT molecular complexity index is 559. The van der Waals surface area contributed by atoms with Gasteiger partial charge in [-0.2, -0.15) is 4.31 Å². The molecule has 0 aromatic heterocycles. The number of sulfonamides is 1. The van der Waals surface area contributed by atoms with Crippen LogP contribution in [0.25, 0.3) is 0 Å². The molecule has 1 aromatic rings. The minimum atomic E-state index is -3.38. The Balaban J connectivity index is 2.31. The zero-order chi connectivity index (χ0) is 14.8. The van der Waals surface area contributed by atoms with E-state index in [0.717, 1.165) is 0 Å². The molecule has 6 heteroatoms. The molecule has 0 spiro atoms. The number of hydrogen-bond acceptors (Lipinski definition) is 3. The number of nitrogens with zero attached hydrogens (tertiary/aromatic N) is 1. The highest BCUT2D eigenvalue weighted by Crippen LogP contribution is 2.22. The fourth-order valence-corrected chi connectivity index (χ4v) is 3.96. The van der Waals surface area contributed by atoms with Crippen molar-refractivity contribution in [3.63, 3.8) is 0 Å². The van der Waals surface area contributed by atoms with Crippen LogP contribution in [0.1, 0.15) is 19.4 Å². The Kier molecular flexibility index (Phi) is 4.78. The van der Waals surface area contributed by atoms with Crippen LogP contribution in [0.5, 0.6) is 0 Å². The van der Waals surface area contributed by atoms with E-state index in [0.29, 0.717) is 12.2 Å². The summed E-state index contributed by atoms with van der Waals surface area (Å²) in [6, 6.07) is 5.84. The van der Waals surface area contributed by atoms with E-state index in [1.807, 2.05) is 13.8 Å². The molecule has 1 heterocycles. The normalized spacial score (nSPS) is 23.7. The average molecular weight is 301 g/mol. The Morgan fingerprint density at radius 3 is 2.85 bits per heavy atom. The summed E-state index contributed by atoms with van der Waals surface area (Å²) in [5.41, 5.74) is 0.654. The van der Waals surface area contributed by atoms with E-state index in [1.54, 1.807) is 12.1 Å². The molecule has 1 aliphatic rings. The summed E-state index contributed by atoms with van der Waals surface area (Å²) in [6.07, 6.45) is 0. The molecule has 1 atom stereocenters. The van der Waals surface area contributed by atoms with Crippen LogP contribution in [0.15, 0.2) is 24.3 Å². The number of rotatable bonds is 3. The quantitative estimate of drug-likeness (QED) is 0.858. The maximum absolute atomic E-state index is 13.3. The van der Waals surface area contributed by atoms with Crippen molar-refractivity contribution >= 4 is 10.0 Å². The highest BCUT2D eigenvalue weighted by atomic mass is 32.2. The first-order chi connectivity index (χ1) is 9.40. The molecule has 1 aromatic carbocycles. The van der Waals surface area contributed by atoms with Crippen LogP contribution in [0.4, 0.5) is 4.39 Å². The van der Waals surface area contributed by atoms with Gasteiger partial charge in [0.2, 0.25) is 10.0 Å². The van der Waals surface area contributed by atoms with E-state index in [4.69, 9.17) is 4.74 Å². The third-order valence-corrected chi connectivity index (χ3v) is 5.30. The second-order valence-electron chi connectivity index (χ2n) is 5.38. The third-order valence-electron chi connectivity index (χ3n) is 3.50. The van der Waals surface area contributed by atoms with E-state index < -0.39 is 10.0 Å². The van der Waals surface area contributed by atoms with Gasteiger partial charge >= 0.3 is 0 Å². The molecule has 1 fully saturated rings. The highest BCUT2D eigenvalue weighted by Gasteiger charge is 2.34. The van der Waals surface area contributed by atoms with Crippen molar-refractivity contribution in [1.82, 2.24) is 4.31 Å². The van der Waals surface area contributed by atoms with Gasteiger partial charge in [-0.15, -0.1) is 0 Å². The summed E-state index contributed by atoms with van der Waals surface area (Å²) in [6.45, 7) is 4.71. The topological polar surface area (TPSA) is 46.6 Å². The molecule has 4 nitrogen and oxygen atoms in total. The van der Waals surface area contributed by atoms with Gasteiger partial charge < -0.3 is 4.74 Å². The molecule has 1 aliphatic heterocycles. The Morgan fingerprint density at radius 1 is 1.45 bits per heavy atom. The Hall–Kier alpha value is -0.980. The Labute approximate surface area is 119 Å². The number of halogens is 1. The summed E-state index contributed by atoms with van der Waals surface area (Å²) in [5.74, 6) is -0.241. The van der Waals surface area contributed by atoms with E-state index in [2.05, 4.69) is 0 Å². The zero-order valence-corrected chi connectivity index (χ0v) is 12.6. The molecule has 20 heavy (non-hydrogen) atoms. The SMILES string of the molecule is CC(C)[C@H]1COCCS(=O)(=O)N1Cc1cccc(F)c1. The largest absolute Gasteiger partial charge is 0.379 e. The van der Waals surface area contributed by atoms with Gasteiger partial charge in [0.1, 0.15) is 5.82 Å². The van der Waals surface area contributed by atoms with Gasteiger partial charge in [-0.3, -0.25) is 0 Å². The van der Waals surface area contributed by atoms with Crippen LogP contribution in [-0.2, 0) is 21.3 Å². The van der Waals surface area contributed by atoms with E-state index in [1.165, 1.54) is 16.4 Å². The monoisotopic (exact) mass is 301 g/mol. The van der Waals surface area contributed by atoms with Crippen molar-refractivity contribution in [2.24, 2.45) is 5.92 Å². The third kappa shape index (κ3) is 3.56. The molecule has 0 radical (unpaired) electrons. The van der Waals surface area contributed by atoms with Gasteiger partial charge in [-0.05, 0) is 23.6 Å². The van der Waals surface area contributed by atoms with Gasteiger partial charge in [0, 0.05) is 6.54 Å². The lowest BCUT2D eigenvalue weighted by Gasteiger charge is -2.31. The number of hydrogen-bond donors (Lipinski definition) is 0. The predicted molar refractivity (Wildman–Crippen MR) is 75.2 cm³/mol. The van der Waals surface area contributed by atoms with Crippen molar-refractivity contribution in [1.29, 1.82) is 0 Å². The fourth-order valence-electron chi connectivity index (χ4n) is 2.33. The van der Waals surface area contributed by atoms with Crippen LogP contribution in [-0.4, -0.2) is 37.7 Å². The fraction of sp³-hybridized carbons (Fsp3) is 0.571. The van der Waals surface area contributed by atoms with Crippen molar-refractivity contribution in [2.45, 2.75) is 26.4 Å². The molecule has 0 aliphatic carbocycles. The summed E-state index contributed by atoms with van der Waals surface area (Å²) >= 11 is 0. The lowest BCUT2D eigenvalue weighted by Crippen LogP contribution is -2.44. The van der Waals surface area contributed by atoms with Crippen LogP contribution in [0.2, 0.25) is 0 Å². The van der Waals surface area contributed by atoms with Crippen molar-refractivity contribution in [3.05, 3.63) is 35.6 Å². The Morgan fingerprint density at radius 2 is 2.20 bits per heavy atom. The molecule has 0 N–H and O–H groups in total. The molecule has 1 saturated heterocycles. The molecule has 112 valence electrons. The first kappa shape index (κ1) is 15.4. The van der Waals surface area contributed by atoms with Crippen molar-refractivity contribution < 1.29 is 17.5 Å². The van der Waals surface area contributed by atoms with Gasteiger partial charge in [-0.25, -0.2) is 12.8 Å². The smallest absolute Gasteiger partial charge is 0.217 e. The molecule has 0 saturated carbocycles. The maximum atomic E-state index is 13.3. The molecule has 0 bridgehead atoms. The second-order valence-corrected chi connectivity index (χ2v) is 7.42. The lowest BCUT2D eigenvalue weighted by molar-refractivity contribution is 0.0901. The van der Waals surface area contributed by atoms with Gasteiger partial charge in [0.25, 0.3) is 0 Å². The van der Waals surface area contributed by atoms with Gasteiger partial charge in [-0.1, -0.05) is 26.0 Å². The lowest BCUT2D eigenvalue weighted by atomic mass is 10.0. The van der Waals surface area contributed by atoms with Crippen LogP contribution < -0.4 is 0 Å². The number of ether oxygens (including phenoxy) is 1. The molecular weight excluding hydrogens is 281 g/mol. The molecule has 0 amide bonds. The minimum absolute atomic E-state index is 0.0223. The van der Waals surface area contributed by atoms with Crippen LogP contribution in [0, 0.1) is 11.7 Å². The summed E-state index contributed by atoms with van der Waals surface area (Å²) in [7, 11) is -3.38. The first-order valence-electron chi connectivity index (χ1n) is 6.72. The zero-order valence-electron chi connectivity index (χ0n) is 11.8. The highest BCUT2D eigenvalue weighted by molar-refractivity contribution is 7.89. The molecular formula is C14H20FNO3S. The summed E-state index contributed by atoms with van der Waals surface area (Å²) < 4.78 is 44.8. The van der Waals surface area contributed by atoms with Gasteiger partial charge in [0.05, 0.1) is 25.0 Å². The maximum Gasteiger partial charge on any atom is 0.217 e. The minimum Gasteiger partial charge on any atom is -0.379 e. The number of benzene rings is 1.